The molecule has 1 N–H and O–H groups in total. The highest BCUT2D eigenvalue weighted by Gasteiger charge is 2.13. The number of hydrogen-bond acceptors (Lipinski definition) is 2. The molecule has 0 radical (unpaired) electrons. The van der Waals surface area contributed by atoms with Crippen molar-refractivity contribution in [3.05, 3.63) is 64.7 Å². The molecule has 0 bridgehead atoms. The quantitative estimate of drug-likeness (QED) is 0.798. The predicted octanol–water partition coefficient (Wildman–Crippen LogP) is 3.24. The SMILES string of the molecule is Cc1c(O)ccc(C(=O)c2ccccc2)c1C. The highest BCUT2D eigenvalue weighted by Crippen LogP contribution is 2.24. The van der Waals surface area contributed by atoms with Gasteiger partial charge in [0.05, 0.1) is 0 Å². The monoisotopic (exact) mass is 226 g/mol. The fourth-order valence-electron chi connectivity index (χ4n) is 1.80. The Hall–Kier alpha value is -2.09. The first-order valence-corrected chi connectivity index (χ1v) is 5.50. The highest BCUT2D eigenvalue weighted by atomic mass is 16.3. The molecule has 0 atom stereocenters. The highest BCUT2D eigenvalue weighted by molar-refractivity contribution is 6.10. The van der Waals surface area contributed by atoms with E-state index in [2.05, 4.69) is 0 Å². The topological polar surface area (TPSA) is 37.3 Å². The Kier molecular flexibility index (Phi) is 2.96. The summed E-state index contributed by atoms with van der Waals surface area (Å²) in [4.78, 5) is 12.2. The second kappa shape index (κ2) is 4.42. The summed E-state index contributed by atoms with van der Waals surface area (Å²) in [6.07, 6.45) is 0. The minimum atomic E-state index is -0.00815. The number of ketones is 1. The van der Waals surface area contributed by atoms with Crippen molar-refractivity contribution in [3.63, 3.8) is 0 Å². The van der Waals surface area contributed by atoms with Gasteiger partial charge >= 0.3 is 0 Å². The number of phenols is 1. The molecule has 0 aliphatic rings. The van der Waals surface area contributed by atoms with Crippen molar-refractivity contribution < 1.29 is 9.90 Å². The average molecular weight is 226 g/mol. The molecule has 0 fully saturated rings. The van der Waals surface area contributed by atoms with Gasteiger partial charge in [-0.2, -0.15) is 0 Å². The summed E-state index contributed by atoms with van der Waals surface area (Å²) >= 11 is 0. The fourth-order valence-corrected chi connectivity index (χ4v) is 1.80. The Bertz CT molecular complexity index is 557. The van der Waals surface area contributed by atoms with Gasteiger partial charge in [-0.15, -0.1) is 0 Å². The first-order valence-electron chi connectivity index (χ1n) is 5.50. The maximum atomic E-state index is 12.2. The molecule has 0 unspecified atom stereocenters. The van der Waals surface area contributed by atoms with Gasteiger partial charge in [0.25, 0.3) is 0 Å². The van der Waals surface area contributed by atoms with Crippen LogP contribution in [-0.2, 0) is 0 Å². The van der Waals surface area contributed by atoms with E-state index in [1.807, 2.05) is 32.0 Å². The standard InChI is InChI=1S/C15H14O2/c1-10-11(2)14(16)9-8-13(10)15(17)12-6-4-3-5-7-12/h3-9,16H,1-2H3. The summed E-state index contributed by atoms with van der Waals surface area (Å²) in [5.41, 5.74) is 2.90. The van der Waals surface area contributed by atoms with Gasteiger partial charge in [0.15, 0.2) is 5.78 Å². The molecular weight excluding hydrogens is 212 g/mol. The van der Waals surface area contributed by atoms with Crippen molar-refractivity contribution in [1.82, 2.24) is 0 Å². The lowest BCUT2D eigenvalue weighted by molar-refractivity contribution is 0.103. The zero-order valence-corrected chi connectivity index (χ0v) is 9.90. The van der Waals surface area contributed by atoms with Crippen LogP contribution in [0.5, 0.6) is 5.75 Å². The summed E-state index contributed by atoms with van der Waals surface area (Å²) in [5.74, 6) is 0.221. The number of carbonyl (C=O) groups is 1. The third-order valence-corrected chi connectivity index (χ3v) is 3.04. The smallest absolute Gasteiger partial charge is 0.193 e. The van der Waals surface area contributed by atoms with Crippen molar-refractivity contribution in [2.75, 3.05) is 0 Å². The van der Waals surface area contributed by atoms with Crippen LogP contribution in [0.4, 0.5) is 0 Å². The molecule has 86 valence electrons. The molecule has 2 aromatic carbocycles. The van der Waals surface area contributed by atoms with Crippen molar-refractivity contribution in [1.29, 1.82) is 0 Å². The van der Waals surface area contributed by atoms with Crippen molar-refractivity contribution in [2.24, 2.45) is 0 Å². The van der Waals surface area contributed by atoms with E-state index in [-0.39, 0.29) is 11.5 Å². The molecule has 2 heteroatoms. The number of carbonyl (C=O) groups excluding carboxylic acids is 1. The normalized spacial score (nSPS) is 10.2. The molecule has 0 aliphatic carbocycles. The number of aromatic hydroxyl groups is 1. The van der Waals surface area contributed by atoms with Crippen LogP contribution in [-0.4, -0.2) is 10.9 Å². The van der Waals surface area contributed by atoms with E-state index in [0.717, 1.165) is 11.1 Å². The first-order chi connectivity index (χ1) is 8.11. The van der Waals surface area contributed by atoms with Crippen molar-refractivity contribution in [3.8, 4) is 5.75 Å². The molecule has 2 aromatic rings. The Morgan fingerprint density at radius 2 is 1.59 bits per heavy atom. The molecule has 0 heterocycles. The molecule has 0 aromatic heterocycles. The Morgan fingerprint density at radius 3 is 2.24 bits per heavy atom. The molecule has 2 nitrogen and oxygen atoms in total. The van der Waals surface area contributed by atoms with Crippen LogP contribution in [0.1, 0.15) is 27.0 Å². The third kappa shape index (κ3) is 2.07. The van der Waals surface area contributed by atoms with Gasteiger partial charge in [-0.1, -0.05) is 30.3 Å². The Morgan fingerprint density at radius 1 is 0.941 bits per heavy atom. The van der Waals surface area contributed by atoms with Gasteiger partial charge in [0, 0.05) is 11.1 Å². The van der Waals surface area contributed by atoms with E-state index in [0.29, 0.717) is 11.1 Å². The van der Waals surface area contributed by atoms with Crippen molar-refractivity contribution in [2.45, 2.75) is 13.8 Å². The lowest BCUT2D eigenvalue weighted by Crippen LogP contribution is -2.04. The largest absolute Gasteiger partial charge is 0.508 e. The molecule has 0 aliphatic heterocycles. The number of rotatable bonds is 2. The van der Waals surface area contributed by atoms with Gasteiger partial charge in [-0.3, -0.25) is 4.79 Å². The zero-order valence-electron chi connectivity index (χ0n) is 9.90. The molecule has 0 saturated heterocycles. The summed E-state index contributed by atoms with van der Waals surface area (Å²) < 4.78 is 0. The van der Waals surface area contributed by atoms with Crippen LogP contribution in [0.2, 0.25) is 0 Å². The van der Waals surface area contributed by atoms with E-state index >= 15 is 0 Å². The summed E-state index contributed by atoms with van der Waals surface area (Å²) in [6.45, 7) is 3.66. The molecule has 2 rings (SSSR count). The second-order valence-electron chi connectivity index (χ2n) is 4.08. The number of hydrogen-bond donors (Lipinski definition) is 1. The van der Waals surface area contributed by atoms with Gasteiger partial charge in [-0.25, -0.2) is 0 Å². The maximum absolute atomic E-state index is 12.2. The van der Waals surface area contributed by atoms with Crippen LogP contribution >= 0.6 is 0 Å². The molecule has 0 amide bonds. The van der Waals surface area contributed by atoms with E-state index in [4.69, 9.17) is 0 Å². The minimum absolute atomic E-state index is 0.00815. The van der Waals surface area contributed by atoms with Gasteiger partial charge in [0.2, 0.25) is 0 Å². The minimum Gasteiger partial charge on any atom is -0.508 e. The second-order valence-corrected chi connectivity index (χ2v) is 4.08. The van der Waals surface area contributed by atoms with E-state index in [1.54, 1.807) is 24.3 Å². The lowest BCUT2D eigenvalue weighted by atomic mass is 9.96. The average Bonchev–Trinajstić information content (AvgIpc) is 2.36. The Labute approximate surface area is 101 Å². The van der Waals surface area contributed by atoms with E-state index in [1.165, 1.54) is 0 Å². The summed E-state index contributed by atoms with van der Waals surface area (Å²) in [7, 11) is 0. The van der Waals surface area contributed by atoms with E-state index in [9.17, 15) is 9.90 Å². The van der Waals surface area contributed by atoms with Gasteiger partial charge in [0.1, 0.15) is 5.75 Å². The van der Waals surface area contributed by atoms with Gasteiger partial charge < -0.3 is 5.11 Å². The molecule has 0 saturated carbocycles. The number of phenolic OH excluding ortho intramolecular Hbond substituents is 1. The number of benzene rings is 2. The van der Waals surface area contributed by atoms with Crippen molar-refractivity contribution >= 4 is 5.78 Å². The maximum Gasteiger partial charge on any atom is 0.193 e. The van der Waals surface area contributed by atoms with Crippen LogP contribution in [0.25, 0.3) is 0 Å². The van der Waals surface area contributed by atoms with Crippen LogP contribution in [0.15, 0.2) is 42.5 Å². The van der Waals surface area contributed by atoms with Crippen LogP contribution in [0.3, 0.4) is 0 Å². The predicted molar refractivity (Wildman–Crippen MR) is 67.5 cm³/mol. The lowest BCUT2D eigenvalue weighted by Gasteiger charge is -2.09. The van der Waals surface area contributed by atoms with Crippen LogP contribution < -0.4 is 0 Å². The summed E-state index contributed by atoms with van der Waals surface area (Å²) in [5, 5.41) is 9.57. The molecule has 0 spiro atoms. The first kappa shape index (κ1) is 11.4. The van der Waals surface area contributed by atoms with Crippen LogP contribution in [0, 0.1) is 13.8 Å². The zero-order chi connectivity index (χ0) is 12.4. The van der Waals surface area contributed by atoms with E-state index < -0.39 is 0 Å². The fraction of sp³-hybridized carbons (Fsp3) is 0.133. The molecule has 17 heavy (non-hydrogen) atoms. The van der Waals surface area contributed by atoms with Gasteiger partial charge in [-0.05, 0) is 37.1 Å². The Balaban J connectivity index is 2.49. The molecular formula is C15H14O2. The third-order valence-electron chi connectivity index (χ3n) is 3.04. The summed E-state index contributed by atoms with van der Waals surface area (Å²) in [6, 6.07) is 12.4.